The molecule has 0 aromatic heterocycles. The van der Waals surface area contributed by atoms with Crippen molar-refractivity contribution in [3.05, 3.63) is 48.0 Å². The topological polar surface area (TPSA) is 95.5 Å². The van der Waals surface area contributed by atoms with Gasteiger partial charge >= 0.3 is 5.97 Å². The first kappa shape index (κ1) is 19.4. The molecular weight excluding hydrogens is 332 g/mol. The molecule has 26 heavy (non-hydrogen) atoms. The summed E-state index contributed by atoms with van der Waals surface area (Å²) in [4.78, 5) is 35.6. The monoisotopic (exact) mass is 356 g/mol. The molecule has 0 fully saturated rings. The number of carboxylic acids is 1. The summed E-state index contributed by atoms with van der Waals surface area (Å²) in [5.41, 5.74) is -0.765. The molecule has 2 aromatic rings. The minimum absolute atomic E-state index is 0.0197. The zero-order valence-electron chi connectivity index (χ0n) is 15.0. The third-order valence-electron chi connectivity index (χ3n) is 4.29. The van der Waals surface area contributed by atoms with Crippen molar-refractivity contribution < 1.29 is 19.5 Å². The number of hydrogen-bond donors (Lipinski definition) is 3. The Morgan fingerprint density at radius 3 is 2.42 bits per heavy atom. The Bertz CT molecular complexity index is 818. The van der Waals surface area contributed by atoms with Gasteiger partial charge in [0.15, 0.2) is 0 Å². The second-order valence-electron chi connectivity index (χ2n) is 6.50. The molecule has 1 atom stereocenters. The third-order valence-corrected chi connectivity index (χ3v) is 4.29. The number of rotatable bonds is 8. The SMILES string of the molecule is CCCC(C)(NC(=O)CCNC(=O)c1ccc2ccccc2c1)C(=O)O. The van der Waals surface area contributed by atoms with Crippen LogP contribution in [0, 0.1) is 0 Å². The van der Waals surface area contributed by atoms with Crippen LogP contribution in [0.1, 0.15) is 43.5 Å². The zero-order valence-corrected chi connectivity index (χ0v) is 15.0. The molecule has 0 spiro atoms. The van der Waals surface area contributed by atoms with E-state index in [1.807, 2.05) is 37.3 Å². The Morgan fingerprint density at radius 2 is 1.77 bits per heavy atom. The minimum atomic E-state index is -1.28. The number of carbonyl (C=O) groups is 3. The molecule has 0 aliphatic rings. The quantitative estimate of drug-likeness (QED) is 0.678. The number of amides is 2. The van der Waals surface area contributed by atoms with Gasteiger partial charge in [0.2, 0.25) is 5.91 Å². The second kappa shape index (κ2) is 8.47. The lowest BCUT2D eigenvalue weighted by Crippen LogP contribution is -2.52. The maximum atomic E-state index is 12.2. The Hall–Kier alpha value is -2.89. The fourth-order valence-corrected chi connectivity index (χ4v) is 2.82. The summed E-state index contributed by atoms with van der Waals surface area (Å²) in [5, 5.41) is 16.5. The van der Waals surface area contributed by atoms with E-state index < -0.39 is 17.4 Å². The first-order chi connectivity index (χ1) is 12.4. The van der Waals surface area contributed by atoms with E-state index in [0.29, 0.717) is 18.4 Å². The van der Waals surface area contributed by atoms with Gasteiger partial charge in [-0.2, -0.15) is 0 Å². The van der Waals surface area contributed by atoms with E-state index in [4.69, 9.17) is 0 Å². The zero-order chi connectivity index (χ0) is 19.2. The summed E-state index contributed by atoms with van der Waals surface area (Å²) >= 11 is 0. The molecular formula is C20H24N2O4. The summed E-state index contributed by atoms with van der Waals surface area (Å²) in [7, 11) is 0. The summed E-state index contributed by atoms with van der Waals surface area (Å²) in [6.07, 6.45) is 1.01. The standard InChI is InChI=1S/C20H24N2O4/c1-3-11-20(2,19(25)26)22-17(23)10-12-21-18(24)16-9-8-14-6-4-5-7-15(14)13-16/h4-9,13H,3,10-12H2,1-2H3,(H,21,24)(H,22,23)(H,25,26). The number of nitrogens with one attached hydrogen (secondary N) is 2. The molecule has 2 rings (SSSR count). The van der Waals surface area contributed by atoms with Crippen molar-refractivity contribution in [1.82, 2.24) is 10.6 Å². The van der Waals surface area contributed by atoms with Crippen molar-refractivity contribution in [1.29, 1.82) is 0 Å². The van der Waals surface area contributed by atoms with Crippen molar-refractivity contribution in [3.8, 4) is 0 Å². The van der Waals surface area contributed by atoms with E-state index in [9.17, 15) is 19.5 Å². The highest BCUT2D eigenvalue weighted by molar-refractivity contribution is 5.98. The molecule has 2 aromatic carbocycles. The molecule has 6 heteroatoms. The number of fused-ring (bicyclic) bond motifs is 1. The third kappa shape index (κ3) is 4.81. The number of hydrogen-bond acceptors (Lipinski definition) is 3. The van der Waals surface area contributed by atoms with Gasteiger partial charge < -0.3 is 15.7 Å². The van der Waals surface area contributed by atoms with E-state index in [1.165, 1.54) is 6.92 Å². The van der Waals surface area contributed by atoms with Crippen LogP contribution in [0.15, 0.2) is 42.5 Å². The maximum absolute atomic E-state index is 12.2. The van der Waals surface area contributed by atoms with Gasteiger partial charge in [-0.15, -0.1) is 0 Å². The van der Waals surface area contributed by atoms with Crippen LogP contribution >= 0.6 is 0 Å². The molecule has 0 aliphatic carbocycles. The van der Waals surface area contributed by atoms with Crippen LogP contribution in [-0.4, -0.2) is 35.0 Å². The van der Waals surface area contributed by atoms with Crippen LogP contribution in [0.2, 0.25) is 0 Å². The van der Waals surface area contributed by atoms with Crippen LogP contribution in [0.25, 0.3) is 10.8 Å². The molecule has 0 saturated carbocycles. The number of benzene rings is 2. The van der Waals surface area contributed by atoms with Crippen molar-refractivity contribution in [2.24, 2.45) is 0 Å². The number of carboxylic acid groups (broad SMARTS) is 1. The Labute approximate surface area is 152 Å². The van der Waals surface area contributed by atoms with Gasteiger partial charge in [0.1, 0.15) is 5.54 Å². The van der Waals surface area contributed by atoms with Crippen LogP contribution in [0.4, 0.5) is 0 Å². The summed E-state index contributed by atoms with van der Waals surface area (Å²) in [6.45, 7) is 3.49. The molecule has 0 bridgehead atoms. The molecule has 6 nitrogen and oxygen atoms in total. The second-order valence-corrected chi connectivity index (χ2v) is 6.50. The summed E-state index contributed by atoms with van der Waals surface area (Å²) in [5.74, 6) is -1.73. The van der Waals surface area contributed by atoms with Gasteiger partial charge in [0.25, 0.3) is 5.91 Å². The smallest absolute Gasteiger partial charge is 0.329 e. The molecule has 0 saturated heterocycles. The minimum Gasteiger partial charge on any atom is -0.480 e. The predicted octanol–water partition coefficient (Wildman–Crippen LogP) is 2.72. The largest absolute Gasteiger partial charge is 0.480 e. The lowest BCUT2D eigenvalue weighted by Gasteiger charge is -2.25. The van der Waals surface area contributed by atoms with Crippen LogP contribution in [-0.2, 0) is 9.59 Å². The van der Waals surface area contributed by atoms with Gasteiger partial charge in [0.05, 0.1) is 0 Å². The number of carbonyl (C=O) groups excluding carboxylic acids is 2. The summed E-state index contributed by atoms with van der Waals surface area (Å²) < 4.78 is 0. The highest BCUT2D eigenvalue weighted by atomic mass is 16.4. The fourth-order valence-electron chi connectivity index (χ4n) is 2.82. The Balaban J connectivity index is 1.88. The Kier molecular flexibility index (Phi) is 6.33. The van der Waals surface area contributed by atoms with E-state index in [2.05, 4.69) is 10.6 Å². The van der Waals surface area contributed by atoms with Gasteiger partial charge in [-0.3, -0.25) is 9.59 Å². The maximum Gasteiger partial charge on any atom is 0.329 e. The van der Waals surface area contributed by atoms with Gasteiger partial charge in [0, 0.05) is 18.5 Å². The van der Waals surface area contributed by atoms with Crippen molar-refractivity contribution >= 4 is 28.6 Å². The van der Waals surface area contributed by atoms with E-state index >= 15 is 0 Å². The average Bonchev–Trinajstić information content (AvgIpc) is 2.61. The fraction of sp³-hybridized carbons (Fsp3) is 0.350. The van der Waals surface area contributed by atoms with Gasteiger partial charge in [-0.25, -0.2) is 4.79 Å². The lowest BCUT2D eigenvalue weighted by atomic mass is 9.96. The van der Waals surface area contributed by atoms with Gasteiger partial charge in [-0.05, 0) is 36.2 Å². The molecule has 0 heterocycles. The Morgan fingerprint density at radius 1 is 1.08 bits per heavy atom. The van der Waals surface area contributed by atoms with Crippen molar-refractivity contribution in [3.63, 3.8) is 0 Å². The first-order valence-electron chi connectivity index (χ1n) is 8.67. The van der Waals surface area contributed by atoms with E-state index in [-0.39, 0.29) is 18.9 Å². The molecule has 138 valence electrons. The van der Waals surface area contributed by atoms with Crippen LogP contribution in [0.5, 0.6) is 0 Å². The first-order valence-corrected chi connectivity index (χ1v) is 8.67. The van der Waals surface area contributed by atoms with Crippen LogP contribution < -0.4 is 10.6 Å². The predicted molar refractivity (Wildman–Crippen MR) is 100.0 cm³/mol. The molecule has 0 aliphatic heterocycles. The summed E-state index contributed by atoms with van der Waals surface area (Å²) in [6, 6.07) is 13.2. The van der Waals surface area contributed by atoms with Crippen LogP contribution in [0.3, 0.4) is 0 Å². The highest BCUT2D eigenvalue weighted by Crippen LogP contribution is 2.15. The molecule has 3 N–H and O–H groups in total. The number of aliphatic carboxylic acids is 1. The van der Waals surface area contributed by atoms with Crippen molar-refractivity contribution in [2.45, 2.75) is 38.6 Å². The van der Waals surface area contributed by atoms with E-state index in [1.54, 1.807) is 12.1 Å². The molecule has 2 amide bonds. The van der Waals surface area contributed by atoms with E-state index in [0.717, 1.165) is 10.8 Å². The normalized spacial score (nSPS) is 13.0. The molecule has 1 unspecified atom stereocenters. The molecule has 0 radical (unpaired) electrons. The lowest BCUT2D eigenvalue weighted by molar-refractivity contribution is -0.147. The highest BCUT2D eigenvalue weighted by Gasteiger charge is 2.33. The van der Waals surface area contributed by atoms with Crippen molar-refractivity contribution in [2.75, 3.05) is 6.54 Å². The average molecular weight is 356 g/mol. The van der Waals surface area contributed by atoms with Gasteiger partial charge in [-0.1, -0.05) is 43.7 Å².